The Balaban J connectivity index is 1.12. The molecule has 1 aliphatic carbocycles. The van der Waals surface area contributed by atoms with Crippen LogP contribution in [0.3, 0.4) is 0 Å². The van der Waals surface area contributed by atoms with Crippen LogP contribution in [0.25, 0.3) is 78.1 Å². The SMILES string of the molecule is c1ccc(-c2nc(-c3cccc(-c4cccnc4)c3)cc(-c3ccc(-c4cccc5c4-c4ccccc4C5(c4ccccc4)c4ccccc4)c4ccccc34)n2)cc1. The summed E-state index contributed by atoms with van der Waals surface area (Å²) in [5, 5.41) is 2.31. The molecule has 0 aliphatic heterocycles. The number of aromatic nitrogens is 3. The first-order chi connectivity index (χ1) is 29.3. The summed E-state index contributed by atoms with van der Waals surface area (Å²) >= 11 is 0. The maximum absolute atomic E-state index is 5.29. The molecule has 0 radical (unpaired) electrons. The zero-order valence-corrected chi connectivity index (χ0v) is 32.2. The molecule has 0 atom stereocenters. The molecule has 0 amide bonds. The monoisotopic (exact) mass is 751 g/mol. The fourth-order valence-electron chi connectivity index (χ4n) is 9.32. The number of pyridine rings is 1. The Hall–Kier alpha value is -7.75. The standard InChI is InChI=1S/C56H37N3/c1-4-17-38(18-5-1)55-58-52(40-20-14-19-39(35-40)41-21-16-34-57-37-41)36-53(59-55)47-33-32-46(44-26-10-11-27-45(44)47)48-29-15-31-51-54(48)49-28-12-13-30-50(49)56(51,42-22-6-2-7-23-42)43-24-8-3-9-25-43/h1-37H. The highest BCUT2D eigenvalue weighted by molar-refractivity contribution is 6.08. The number of hydrogen-bond donors (Lipinski definition) is 0. The van der Waals surface area contributed by atoms with Crippen LogP contribution < -0.4 is 0 Å². The molecule has 0 N–H and O–H groups in total. The second kappa shape index (κ2) is 14.3. The van der Waals surface area contributed by atoms with Gasteiger partial charge < -0.3 is 0 Å². The largest absolute Gasteiger partial charge is 0.264 e. The fraction of sp³-hybridized carbons (Fsp3) is 0.0179. The highest BCUT2D eigenvalue weighted by Gasteiger charge is 2.46. The Morgan fingerprint density at radius 3 is 1.64 bits per heavy atom. The Bertz CT molecular complexity index is 3100. The molecular formula is C56H37N3. The average molecular weight is 752 g/mol. The van der Waals surface area contributed by atoms with E-state index in [1.807, 2.05) is 30.5 Å². The second-order valence-electron chi connectivity index (χ2n) is 15.1. The lowest BCUT2D eigenvalue weighted by Crippen LogP contribution is -2.28. The van der Waals surface area contributed by atoms with Crippen molar-refractivity contribution in [2.45, 2.75) is 5.41 Å². The molecule has 0 fully saturated rings. The first-order valence-corrected chi connectivity index (χ1v) is 20.1. The highest BCUT2D eigenvalue weighted by atomic mass is 14.9. The summed E-state index contributed by atoms with van der Waals surface area (Å²) in [7, 11) is 0. The zero-order chi connectivity index (χ0) is 39.2. The smallest absolute Gasteiger partial charge is 0.160 e. The number of benzene rings is 8. The zero-order valence-electron chi connectivity index (χ0n) is 32.2. The van der Waals surface area contributed by atoms with Gasteiger partial charge in [0.05, 0.1) is 16.8 Å². The van der Waals surface area contributed by atoms with Gasteiger partial charge in [-0.2, -0.15) is 0 Å². The normalized spacial score (nSPS) is 12.5. The van der Waals surface area contributed by atoms with E-state index in [1.54, 1.807) is 6.20 Å². The van der Waals surface area contributed by atoms with Gasteiger partial charge in [0.2, 0.25) is 0 Å². The first-order valence-electron chi connectivity index (χ1n) is 20.1. The Morgan fingerprint density at radius 2 is 0.898 bits per heavy atom. The summed E-state index contributed by atoms with van der Waals surface area (Å²) in [5.74, 6) is 0.689. The van der Waals surface area contributed by atoms with E-state index < -0.39 is 5.41 Å². The van der Waals surface area contributed by atoms with Gasteiger partial charge in [-0.1, -0.05) is 194 Å². The molecule has 10 aromatic rings. The molecule has 2 aromatic heterocycles. The Labute approximate surface area is 344 Å². The minimum Gasteiger partial charge on any atom is -0.264 e. The van der Waals surface area contributed by atoms with Crippen molar-refractivity contribution >= 4 is 10.8 Å². The number of fused-ring (bicyclic) bond motifs is 4. The topological polar surface area (TPSA) is 38.7 Å². The molecule has 1 aliphatic rings. The molecule has 2 heterocycles. The average Bonchev–Trinajstić information content (AvgIpc) is 3.63. The van der Waals surface area contributed by atoms with Crippen molar-refractivity contribution in [1.29, 1.82) is 0 Å². The van der Waals surface area contributed by atoms with E-state index in [2.05, 4.69) is 193 Å². The van der Waals surface area contributed by atoms with Crippen LogP contribution in [0.2, 0.25) is 0 Å². The minimum atomic E-state index is -0.472. The molecule has 0 spiro atoms. The van der Waals surface area contributed by atoms with E-state index >= 15 is 0 Å². The Kier molecular flexibility index (Phi) is 8.37. The van der Waals surface area contributed by atoms with Gasteiger partial charge in [0.1, 0.15) is 0 Å². The summed E-state index contributed by atoms with van der Waals surface area (Å²) in [6.07, 6.45) is 3.70. The lowest BCUT2D eigenvalue weighted by molar-refractivity contribution is 0.768. The van der Waals surface area contributed by atoms with Crippen molar-refractivity contribution in [3.63, 3.8) is 0 Å². The predicted octanol–water partition coefficient (Wildman–Crippen LogP) is 13.7. The first kappa shape index (κ1) is 34.5. The molecular weight excluding hydrogens is 715 g/mol. The van der Waals surface area contributed by atoms with Crippen LogP contribution in [0.15, 0.2) is 225 Å². The quantitative estimate of drug-likeness (QED) is 0.163. The number of hydrogen-bond acceptors (Lipinski definition) is 3. The maximum Gasteiger partial charge on any atom is 0.160 e. The van der Waals surface area contributed by atoms with Crippen molar-refractivity contribution in [2.75, 3.05) is 0 Å². The molecule has 11 rings (SSSR count). The van der Waals surface area contributed by atoms with Gasteiger partial charge in [-0.3, -0.25) is 4.98 Å². The van der Waals surface area contributed by atoms with Crippen LogP contribution in [0.1, 0.15) is 22.3 Å². The molecule has 0 saturated heterocycles. The van der Waals surface area contributed by atoms with Crippen LogP contribution in [0.4, 0.5) is 0 Å². The number of nitrogens with zero attached hydrogens (tertiary/aromatic N) is 3. The highest BCUT2D eigenvalue weighted by Crippen LogP contribution is 2.58. The minimum absolute atomic E-state index is 0.472. The summed E-state index contributed by atoms with van der Waals surface area (Å²) in [6.45, 7) is 0. The Morgan fingerprint density at radius 1 is 0.339 bits per heavy atom. The molecule has 8 aromatic carbocycles. The van der Waals surface area contributed by atoms with Crippen molar-refractivity contribution < 1.29 is 0 Å². The summed E-state index contributed by atoms with van der Waals surface area (Å²) < 4.78 is 0. The molecule has 0 unspecified atom stereocenters. The number of rotatable bonds is 7. The maximum atomic E-state index is 5.29. The van der Waals surface area contributed by atoms with Crippen LogP contribution in [0.5, 0.6) is 0 Å². The van der Waals surface area contributed by atoms with E-state index in [0.717, 1.165) is 44.6 Å². The van der Waals surface area contributed by atoms with Crippen LogP contribution in [0, 0.1) is 0 Å². The van der Waals surface area contributed by atoms with Crippen LogP contribution >= 0.6 is 0 Å². The van der Waals surface area contributed by atoms with Gasteiger partial charge in [0, 0.05) is 34.6 Å². The second-order valence-corrected chi connectivity index (χ2v) is 15.1. The van der Waals surface area contributed by atoms with Gasteiger partial charge in [-0.05, 0) is 79.0 Å². The van der Waals surface area contributed by atoms with Gasteiger partial charge in [-0.15, -0.1) is 0 Å². The molecule has 0 saturated carbocycles. The third kappa shape index (κ3) is 5.70. The van der Waals surface area contributed by atoms with Crippen molar-refractivity contribution in [3.05, 3.63) is 247 Å². The molecule has 3 nitrogen and oxygen atoms in total. The van der Waals surface area contributed by atoms with E-state index in [1.165, 1.54) is 49.9 Å². The van der Waals surface area contributed by atoms with Crippen LogP contribution in [-0.2, 0) is 5.41 Å². The van der Waals surface area contributed by atoms with Crippen LogP contribution in [-0.4, -0.2) is 15.0 Å². The summed E-state index contributed by atoms with van der Waals surface area (Å²) in [6, 6.07) is 76.2. The molecule has 0 bridgehead atoms. The van der Waals surface area contributed by atoms with E-state index in [9.17, 15) is 0 Å². The van der Waals surface area contributed by atoms with Gasteiger partial charge in [0.25, 0.3) is 0 Å². The van der Waals surface area contributed by atoms with Crippen molar-refractivity contribution in [3.8, 4) is 67.3 Å². The van der Waals surface area contributed by atoms with Crippen molar-refractivity contribution in [2.24, 2.45) is 0 Å². The fourth-order valence-corrected chi connectivity index (χ4v) is 9.32. The molecule has 3 heteroatoms. The lowest BCUT2D eigenvalue weighted by Gasteiger charge is -2.34. The van der Waals surface area contributed by atoms with Gasteiger partial charge in [0.15, 0.2) is 5.82 Å². The van der Waals surface area contributed by atoms with Gasteiger partial charge in [-0.25, -0.2) is 9.97 Å². The van der Waals surface area contributed by atoms with Gasteiger partial charge >= 0.3 is 0 Å². The third-order valence-corrected chi connectivity index (χ3v) is 11.9. The van der Waals surface area contributed by atoms with Crippen molar-refractivity contribution in [1.82, 2.24) is 15.0 Å². The predicted molar refractivity (Wildman–Crippen MR) is 242 cm³/mol. The lowest BCUT2D eigenvalue weighted by atomic mass is 9.67. The van der Waals surface area contributed by atoms with E-state index in [4.69, 9.17) is 9.97 Å². The van der Waals surface area contributed by atoms with E-state index in [-0.39, 0.29) is 0 Å². The summed E-state index contributed by atoms with van der Waals surface area (Å²) in [4.78, 5) is 14.8. The third-order valence-electron chi connectivity index (χ3n) is 11.9. The summed E-state index contributed by atoms with van der Waals surface area (Å²) in [5.41, 5.74) is 16.5. The van der Waals surface area contributed by atoms with E-state index in [0.29, 0.717) is 5.82 Å². The molecule has 59 heavy (non-hydrogen) atoms. The molecule has 276 valence electrons.